The number of nitrogens with zero attached hydrogens (tertiary/aromatic N) is 1. The molecular weight excluding hydrogens is 422 g/mol. The summed E-state index contributed by atoms with van der Waals surface area (Å²) in [6.07, 6.45) is 2.64. The zero-order chi connectivity index (χ0) is 23.5. The number of amides is 4. The van der Waals surface area contributed by atoms with E-state index in [-0.39, 0.29) is 17.1 Å². The van der Waals surface area contributed by atoms with Gasteiger partial charge in [-0.15, -0.1) is 0 Å². The summed E-state index contributed by atoms with van der Waals surface area (Å²) in [6.45, 7) is 1.40. The van der Waals surface area contributed by atoms with Crippen molar-refractivity contribution in [2.75, 3.05) is 27.9 Å². The highest BCUT2D eigenvalue weighted by molar-refractivity contribution is 6.08. The van der Waals surface area contributed by atoms with Crippen LogP contribution in [0.4, 0.5) is 4.79 Å². The fourth-order valence-corrected chi connectivity index (χ4v) is 3.89. The smallest absolute Gasteiger partial charge is 0.344 e. The molecule has 0 unspecified atom stereocenters. The van der Waals surface area contributed by atoms with Gasteiger partial charge in [0, 0.05) is 0 Å². The third kappa shape index (κ3) is 4.41. The van der Waals surface area contributed by atoms with Crippen molar-refractivity contribution in [2.24, 2.45) is 5.92 Å². The second kappa shape index (κ2) is 9.33. The third-order valence-electron chi connectivity index (χ3n) is 5.76. The SMILES string of the molecule is COc1cc(C(=O)OCC(=O)NN2C(=O)NC3(CCC(C)CC3)C2=O)cc(OC)c1OC. The Kier molecular flexibility index (Phi) is 6.75. The number of hydrogen-bond donors (Lipinski definition) is 2. The molecule has 174 valence electrons. The molecule has 2 fully saturated rings. The second-order valence-corrected chi connectivity index (χ2v) is 7.86. The maximum atomic E-state index is 12.8. The van der Waals surface area contributed by atoms with E-state index in [1.807, 2.05) is 0 Å². The molecule has 1 spiro atoms. The lowest BCUT2D eigenvalue weighted by molar-refractivity contribution is -0.141. The fraction of sp³-hybridized carbons (Fsp3) is 0.524. The number of benzene rings is 1. The molecule has 1 aromatic carbocycles. The van der Waals surface area contributed by atoms with Gasteiger partial charge in [-0.2, -0.15) is 5.01 Å². The summed E-state index contributed by atoms with van der Waals surface area (Å²) in [7, 11) is 4.23. The van der Waals surface area contributed by atoms with Crippen LogP contribution in [-0.2, 0) is 14.3 Å². The molecule has 2 aliphatic rings. The van der Waals surface area contributed by atoms with E-state index in [4.69, 9.17) is 18.9 Å². The van der Waals surface area contributed by atoms with E-state index in [0.717, 1.165) is 12.8 Å². The van der Waals surface area contributed by atoms with Crippen molar-refractivity contribution < 1.29 is 38.1 Å². The fourth-order valence-electron chi connectivity index (χ4n) is 3.89. The largest absolute Gasteiger partial charge is 0.493 e. The Morgan fingerprint density at radius 1 is 1.09 bits per heavy atom. The van der Waals surface area contributed by atoms with Crippen molar-refractivity contribution in [1.29, 1.82) is 0 Å². The summed E-state index contributed by atoms with van der Waals surface area (Å²) < 4.78 is 20.6. The molecule has 1 saturated heterocycles. The van der Waals surface area contributed by atoms with Gasteiger partial charge in [-0.05, 0) is 43.7 Å². The van der Waals surface area contributed by atoms with E-state index in [1.165, 1.54) is 33.5 Å². The van der Waals surface area contributed by atoms with E-state index < -0.39 is 36.0 Å². The van der Waals surface area contributed by atoms with Crippen molar-refractivity contribution in [3.05, 3.63) is 17.7 Å². The van der Waals surface area contributed by atoms with Crippen LogP contribution in [0.3, 0.4) is 0 Å². The van der Waals surface area contributed by atoms with Crippen molar-refractivity contribution in [1.82, 2.24) is 15.8 Å². The molecular formula is C21H27N3O8. The first-order valence-corrected chi connectivity index (χ1v) is 10.2. The standard InChI is InChI=1S/C21H27N3O8/c1-12-5-7-21(8-6-12)19(27)24(20(28)22-21)23-16(25)11-32-18(26)13-9-14(29-2)17(31-4)15(10-13)30-3/h9-10,12H,5-8,11H2,1-4H3,(H,22,28)(H,23,25). The molecule has 1 aliphatic heterocycles. The Balaban J connectivity index is 1.61. The van der Waals surface area contributed by atoms with Crippen LogP contribution < -0.4 is 25.0 Å². The highest BCUT2D eigenvalue weighted by atomic mass is 16.5. The number of imide groups is 1. The number of rotatable bonds is 7. The molecule has 3 rings (SSSR count). The minimum Gasteiger partial charge on any atom is -0.493 e. The highest BCUT2D eigenvalue weighted by Gasteiger charge is 2.52. The number of hydrazine groups is 1. The maximum Gasteiger partial charge on any atom is 0.344 e. The van der Waals surface area contributed by atoms with Crippen LogP contribution in [0.25, 0.3) is 0 Å². The molecule has 11 heteroatoms. The Morgan fingerprint density at radius 3 is 2.22 bits per heavy atom. The predicted molar refractivity (Wildman–Crippen MR) is 110 cm³/mol. The first kappa shape index (κ1) is 23.2. The summed E-state index contributed by atoms with van der Waals surface area (Å²) >= 11 is 0. The molecule has 0 aromatic heterocycles. The molecule has 1 aromatic rings. The molecule has 1 heterocycles. The van der Waals surface area contributed by atoms with E-state index in [1.54, 1.807) is 0 Å². The van der Waals surface area contributed by atoms with Crippen LogP contribution in [0.2, 0.25) is 0 Å². The van der Waals surface area contributed by atoms with E-state index in [0.29, 0.717) is 29.5 Å². The monoisotopic (exact) mass is 449 g/mol. The number of hydrogen-bond acceptors (Lipinski definition) is 8. The summed E-state index contributed by atoms with van der Waals surface area (Å²) in [4.78, 5) is 49.7. The minimum absolute atomic E-state index is 0.0672. The van der Waals surface area contributed by atoms with E-state index in [2.05, 4.69) is 17.7 Å². The maximum absolute atomic E-state index is 12.8. The molecule has 32 heavy (non-hydrogen) atoms. The Labute approximate surface area is 185 Å². The topological polar surface area (TPSA) is 132 Å². The van der Waals surface area contributed by atoms with Gasteiger partial charge < -0.3 is 24.3 Å². The first-order valence-electron chi connectivity index (χ1n) is 10.2. The number of methoxy groups -OCH3 is 3. The van der Waals surface area contributed by atoms with E-state index in [9.17, 15) is 19.2 Å². The minimum atomic E-state index is -0.982. The first-order chi connectivity index (χ1) is 15.2. The van der Waals surface area contributed by atoms with Gasteiger partial charge in [-0.25, -0.2) is 9.59 Å². The Morgan fingerprint density at radius 2 is 1.69 bits per heavy atom. The number of carbonyl (C=O) groups is 4. The number of ether oxygens (including phenoxy) is 4. The van der Waals surface area contributed by atoms with Crippen LogP contribution >= 0.6 is 0 Å². The summed E-state index contributed by atoms with van der Waals surface area (Å²) in [5, 5.41) is 3.36. The average molecular weight is 449 g/mol. The lowest BCUT2D eigenvalue weighted by atomic mass is 9.77. The molecule has 11 nitrogen and oxygen atoms in total. The van der Waals surface area contributed by atoms with Crippen molar-refractivity contribution in [3.63, 3.8) is 0 Å². The van der Waals surface area contributed by atoms with Crippen molar-refractivity contribution in [3.8, 4) is 17.2 Å². The number of esters is 1. The highest BCUT2D eigenvalue weighted by Crippen LogP contribution is 2.38. The van der Waals surface area contributed by atoms with Gasteiger partial charge in [0.1, 0.15) is 5.54 Å². The number of urea groups is 1. The van der Waals surface area contributed by atoms with Crippen molar-refractivity contribution >= 4 is 23.8 Å². The van der Waals surface area contributed by atoms with Gasteiger partial charge in [-0.3, -0.25) is 15.0 Å². The van der Waals surface area contributed by atoms with Crippen LogP contribution in [0.15, 0.2) is 12.1 Å². The number of nitrogens with one attached hydrogen (secondary N) is 2. The van der Waals surface area contributed by atoms with Crippen LogP contribution in [-0.4, -0.2) is 62.3 Å². The molecule has 1 aliphatic carbocycles. The number of carbonyl (C=O) groups excluding carboxylic acids is 4. The van der Waals surface area contributed by atoms with Crippen LogP contribution in [0, 0.1) is 5.92 Å². The van der Waals surface area contributed by atoms with Crippen LogP contribution in [0.1, 0.15) is 43.0 Å². The molecule has 0 radical (unpaired) electrons. The molecule has 1 saturated carbocycles. The summed E-state index contributed by atoms with van der Waals surface area (Å²) in [5.74, 6) is -0.884. The second-order valence-electron chi connectivity index (χ2n) is 7.86. The zero-order valence-electron chi connectivity index (χ0n) is 18.5. The van der Waals surface area contributed by atoms with Crippen molar-refractivity contribution in [2.45, 2.75) is 38.1 Å². The van der Waals surface area contributed by atoms with E-state index >= 15 is 0 Å². The quantitative estimate of drug-likeness (QED) is 0.472. The Hall–Kier alpha value is -3.50. The molecule has 0 atom stereocenters. The van der Waals surface area contributed by atoms with Gasteiger partial charge in [0.05, 0.1) is 26.9 Å². The van der Waals surface area contributed by atoms with Gasteiger partial charge >= 0.3 is 12.0 Å². The molecule has 4 amide bonds. The average Bonchev–Trinajstić information content (AvgIpc) is 3.02. The van der Waals surface area contributed by atoms with Gasteiger partial charge in [0.15, 0.2) is 18.1 Å². The van der Waals surface area contributed by atoms with Gasteiger partial charge in [0.2, 0.25) is 5.75 Å². The molecule has 2 N–H and O–H groups in total. The van der Waals surface area contributed by atoms with Gasteiger partial charge in [-0.1, -0.05) is 6.92 Å². The van der Waals surface area contributed by atoms with Gasteiger partial charge in [0.25, 0.3) is 11.8 Å². The summed E-state index contributed by atoms with van der Waals surface area (Å²) in [5.41, 5.74) is 1.30. The lowest BCUT2D eigenvalue weighted by Gasteiger charge is -2.33. The lowest BCUT2D eigenvalue weighted by Crippen LogP contribution is -2.52. The third-order valence-corrected chi connectivity index (χ3v) is 5.76. The zero-order valence-corrected chi connectivity index (χ0v) is 18.5. The summed E-state index contributed by atoms with van der Waals surface area (Å²) in [6, 6.07) is 2.06. The molecule has 0 bridgehead atoms. The predicted octanol–water partition coefficient (Wildman–Crippen LogP) is 1.40. The normalized spacial score (nSPS) is 22.4. The Bertz CT molecular complexity index is 899. The van der Waals surface area contributed by atoms with Crippen LogP contribution in [0.5, 0.6) is 17.2 Å².